The van der Waals surface area contributed by atoms with Gasteiger partial charge in [0.05, 0.1) is 5.69 Å². The summed E-state index contributed by atoms with van der Waals surface area (Å²) in [6.45, 7) is 4.23. The van der Waals surface area contributed by atoms with Crippen LogP contribution in [0.3, 0.4) is 0 Å². The second-order valence-corrected chi connectivity index (χ2v) is 7.72. The van der Waals surface area contributed by atoms with Crippen LogP contribution in [0.1, 0.15) is 40.2 Å². The van der Waals surface area contributed by atoms with E-state index in [9.17, 15) is 4.79 Å². The molecule has 0 spiro atoms. The third-order valence-electron chi connectivity index (χ3n) is 5.10. The van der Waals surface area contributed by atoms with Crippen LogP contribution in [0.25, 0.3) is 11.3 Å². The first-order valence-corrected chi connectivity index (χ1v) is 9.75. The van der Waals surface area contributed by atoms with E-state index < -0.39 is 0 Å². The highest BCUT2D eigenvalue weighted by Gasteiger charge is 2.27. The molecule has 0 bridgehead atoms. The lowest BCUT2D eigenvalue weighted by atomic mass is 9.94. The Kier molecular flexibility index (Phi) is 4.41. The van der Waals surface area contributed by atoms with Gasteiger partial charge in [-0.2, -0.15) is 5.10 Å². The molecule has 0 saturated carbocycles. The quantitative estimate of drug-likeness (QED) is 0.848. The zero-order valence-corrected chi connectivity index (χ0v) is 15.0. The summed E-state index contributed by atoms with van der Waals surface area (Å²) >= 11 is 1.80. The van der Waals surface area contributed by atoms with Crippen LogP contribution in [-0.4, -0.2) is 46.8 Å². The zero-order chi connectivity index (χ0) is 16.5. The van der Waals surface area contributed by atoms with Gasteiger partial charge in [0.1, 0.15) is 0 Å². The average molecular weight is 344 g/mol. The lowest BCUT2D eigenvalue weighted by molar-refractivity contribution is 0.0945. The first-order chi connectivity index (χ1) is 11.7. The maximum Gasteiger partial charge on any atom is 0.272 e. The number of amides is 1. The standard InChI is InChI=1S/C18H24N4OS/c1-21-17-13-7-12-24-15(13)6-5-14(17)16(20-21)18(23)19-8-4-11-22-9-2-3-10-22/h7,12H,2-6,8-11H2,1H3,(H,19,23). The Hall–Kier alpha value is -1.66. The van der Waals surface area contributed by atoms with E-state index in [-0.39, 0.29) is 5.91 Å². The van der Waals surface area contributed by atoms with Crippen molar-refractivity contribution in [3.05, 3.63) is 27.6 Å². The van der Waals surface area contributed by atoms with Crippen LogP contribution in [0.2, 0.25) is 0 Å². The molecule has 1 aliphatic heterocycles. The number of carbonyl (C=O) groups excluding carboxylic acids is 1. The monoisotopic (exact) mass is 344 g/mol. The zero-order valence-electron chi connectivity index (χ0n) is 14.2. The van der Waals surface area contributed by atoms with Gasteiger partial charge >= 0.3 is 0 Å². The predicted octanol–water partition coefficient (Wildman–Crippen LogP) is 2.46. The number of nitrogens with one attached hydrogen (secondary N) is 1. The third kappa shape index (κ3) is 2.89. The van der Waals surface area contributed by atoms with Gasteiger partial charge in [0.15, 0.2) is 5.69 Å². The number of hydrogen-bond acceptors (Lipinski definition) is 4. The summed E-state index contributed by atoms with van der Waals surface area (Å²) < 4.78 is 1.87. The molecule has 24 heavy (non-hydrogen) atoms. The fourth-order valence-corrected chi connectivity index (χ4v) is 4.78. The minimum Gasteiger partial charge on any atom is -0.351 e. The minimum absolute atomic E-state index is 0.0213. The highest BCUT2D eigenvalue weighted by molar-refractivity contribution is 7.10. The number of aromatic nitrogens is 2. The van der Waals surface area contributed by atoms with E-state index >= 15 is 0 Å². The summed E-state index contributed by atoms with van der Waals surface area (Å²) in [5, 5.41) is 9.72. The van der Waals surface area contributed by atoms with Gasteiger partial charge in [-0.25, -0.2) is 0 Å². The minimum atomic E-state index is -0.0213. The Morgan fingerprint density at radius 1 is 1.33 bits per heavy atom. The number of hydrogen-bond donors (Lipinski definition) is 1. The molecule has 4 rings (SSSR count). The lowest BCUT2D eigenvalue weighted by Gasteiger charge is -2.15. The van der Waals surface area contributed by atoms with E-state index in [4.69, 9.17) is 0 Å². The Balaban J connectivity index is 1.41. The first-order valence-electron chi connectivity index (χ1n) is 8.87. The molecule has 5 nitrogen and oxygen atoms in total. The number of carbonyl (C=O) groups is 1. The lowest BCUT2D eigenvalue weighted by Crippen LogP contribution is -2.29. The molecule has 1 aliphatic carbocycles. The van der Waals surface area contributed by atoms with Crippen molar-refractivity contribution in [2.75, 3.05) is 26.2 Å². The molecule has 6 heteroatoms. The van der Waals surface area contributed by atoms with Crippen molar-refractivity contribution in [2.24, 2.45) is 7.05 Å². The second-order valence-electron chi connectivity index (χ2n) is 6.72. The van der Waals surface area contributed by atoms with Crippen molar-refractivity contribution in [1.29, 1.82) is 0 Å². The molecule has 2 aromatic rings. The summed E-state index contributed by atoms with van der Waals surface area (Å²) in [7, 11) is 1.94. The predicted molar refractivity (Wildman–Crippen MR) is 96.6 cm³/mol. The molecule has 2 aliphatic rings. The second kappa shape index (κ2) is 6.69. The summed E-state index contributed by atoms with van der Waals surface area (Å²) in [5.74, 6) is -0.0213. The SMILES string of the molecule is Cn1nc(C(=O)NCCCN2CCCC2)c2c1-c1ccsc1CC2. The molecule has 1 amide bonds. The van der Waals surface area contributed by atoms with Crippen molar-refractivity contribution in [2.45, 2.75) is 32.1 Å². The number of likely N-dealkylation sites (tertiary alicyclic amines) is 1. The van der Waals surface area contributed by atoms with Crippen LogP contribution in [0, 0.1) is 0 Å². The molecule has 1 saturated heterocycles. The van der Waals surface area contributed by atoms with Gasteiger partial charge in [-0.15, -0.1) is 11.3 Å². The highest BCUT2D eigenvalue weighted by atomic mass is 32.1. The summed E-state index contributed by atoms with van der Waals surface area (Å²) in [4.78, 5) is 16.5. The smallest absolute Gasteiger partial charge is 0.272 e. The summed E-state index contributed by atoms with van der Waals surface area (Å²) in [6, 6.07) is 2.15. The molecule has 0 unspecified atom stereocenters. The Labute approximate surface area is 146 Å². The Morgan fingerprint density at radius 3 is 3.00 bits per heavy atom. The largest absolute Gasteiger partial charge is 0.351 e. The van der Waals surface area contributed by atoms with E-state index in [1.807, 2.05) is 11.7 Å². The van der Waals surface area contributed by atoms with Gasteiger partial charge in [0.2, 0.25) is 0 Å². The fraction of sp³-hybridized carbons (Fsp3) is 0.556. The molecule has 2 aromatic heterocycles. The van der Waals surface area contributed by atoms with Crippen LogP contribution in [0.5, 0.6) is 0 Å². The first kappa shape index (κ1) is 15.8. The topological polar surface area (TPSA) is 50.2 Å². The van der Waals surface area contributed by atoms with Gasteiger partial charge in [-0.05, 0) is 63.2 Å². The molecule has 0 aromatic carbocycles. The number of aryl methyl sites for hydroxylation is 2. The highest BCUT2D eigenvalue weighted by Crippen LogP contribution is 2.37. The van der Waals surface area contributed by atoms with Gasteiger partial charge in [-0.1, -0.05) is 0 Å². The van der Waals surface area contributed by atoms with Crippen molar-refractivity contribution < 1.29 is 4.79 Å². The van der Waals surface area contributed by atoms with Gasteiger partial charge in [-0.3, -0.25) is 9.48 Å². The molecular weight excluding hydrogens is 320 g/mol. The van der Waals surface area contributed by atoms with E-state index in [1.54, 1.807) is 11.3 Å². The summed E-state index contributed by atoms with van der Waals surface area (Å²) in [6.07, 6.45) is 5.57. The molecular formula is C18H24N4OS. The number of rotatable bonds is 5. The summed E-state index contributed by atoms with van der Waals surface area (Å²) in [5.41, 5.74) is 4.11. The van der Waals surface area contributed by atoms with Gasteiger partial charge in [0.25, 0.3) is 5.91 Å². The molecule has 0 radical (unpaired) electrons. The van der Waals surface area contributed by atoms with E-state index in [2.05, 4.69) is 26.8 Å². The normalized spacial score (nSPS) is 16.9. The molecule has 0 atom stereocenters. The molecule has 3 heterocycles. The number of nitrogens with zero attached hydrogens (tertiary/aromatic N) is 3. The van der Waals surface area contributed by atoms with Crippen LogP contribution in [0.4, 0.5) is 0 Å². The van der Waals surface area contributed by atoms with E-state index in [0.717, 1.165) is 43.6 Å². The van der Waals surface area contributed by atoms with Crippen LogP contribution in [0.15, 0.2) is 11.4 Å². The van der Waals surface area contributed by atoms with Gasteiger partial charge in [0, 0.05) is 29.6 Å². The van der Waals surface area contributed by atoms with Crippen molar-refractivity contribution >= 4 is 17.2 Å². The van der Waals surface area contributed by atoms with Crippen molar-refractivity contribution in [3.63, 3.8) is 0 Å². The number of fused-ring (bicyclic) bond motifs is 3. The maximum atomic E-state index is 12.6. The third-order valence-corrected chi connectivity index (χ3v) is 6.08. The maximum absolute atomic E-state index is 12.6. The van der Waals surface area contributed by atoms with Crippen molar-refractivity contribution in [3.8, 4) is 11.3 Å². The molecule has 1 N–H and O–H groups in total. The van der Waals surface area contributed by atoms with Crippen LogP contribution < -0.4 is 5.32 Å². The average Bonchev–Trinajstić information content (AvgIpc) is 3.30. The molecule has 1 fully saturated rings. The fourth-order valence-electron chi connectivity index (χ4n) is 3.90. The van der Waals surface area contributed by atoms with Crippen molar-refractivity contribution in [1.82, 2.24) is 20.0 Å². The number of thiophene rings is 1. The molecule has 128 valence electrons. The Bertz CT molecular complexity index is 742. The van der Waals surface area contributed by atoms with Gasteiger partial charge < -0.3 is 10.2 Å². The van der Waals surface area contributed by atoms with Crippen LogP contribution in [-0.2, 0) is 19.9 Å². The Morgan fingerprint density at radius 2 is 2.17 bits per heavy atom. The van der Waals surface area contributed by atoms with E-state index in [1.165, 1.54) is 36.4 Å². The van der Waals surface area contributed by atoms with E-state index in [0.29, 0.717) is 5.69 Å². The van der Waals surface area contributed by atoms with Crippen LogP contribution >= 0.6 is 11.3 Å².